The zero-order chi connectivity index (χ0) is 24.3. The molecule has 0 amide bonds. The fraction of sp³-hybridized carbons (Fsp3) is 0.536. The topological polar surface area (TPSA) is 52.9 Å². The number of nitrogens with zero attached hydrogens (tertiary/aromatic N) is 2. The molecule has 34 heavy (non-hydrogen) atoms. The van der Waals surface area contributed by atoms with Gasteiger partial charge in [-0.05, 0) is 38.0 Å². The molecule has 3 unspecified atom stereocenters. The van der Waals surface area contributed by atoms with Crippen LogP contribution in [-0.4, -0.2) is 68.8 Å². The third kappa shape index (κ3) is 5.10. The quantitative estimate of drug-likeness (QED) is 0.576. The van der Waals surface area contributed by atoms with Gasteiger partial charge >= 0.3 is 0 Å². The zero-order valence-electron chi connectivity index (χ0n) is 20.7. The predicted octanol–water partition coefficient (Wildman–Crippen LogP) is 4.08. The Hall–Kier alpha value is -2.12. The molecular weight excluding hydrogens is 431 g/mol. The minimum atomic E-state index is -0.484. The van der Waals surface area contributed by atoms with Crippen LogP contribution >= 0.6 is 0 Å². The summed E-state index contributed by atoms with van der Waals surface area (Å²) in [6, 6.07) is 14.8. The lowest BCUT2D eigenvalue weighted by molar-refractivity contribution is -0.0513. The van der Waals surface area contributed by atoms with E-state index in [2.05, 4.69) is 18.7 Å². The zero-order valence-corrected chi connectivity index (χ0v) is 20.7. The summed E-state index contributed by atoms with van der Waals surface area (Å²) in [6.45, 7) is 9.79. The second-order valence-electron chi connectivity index (χ2n) is 10.0. The maximum atomic E-state index is 14.8. The SMILES string of the molecule is COCCN1CC(C(=O)c2ccccc2)C(c2cccc(F)c2C)C([C@@]2(C)COC[C@@H](C)[N]2)C1. The first-order valence-corrected chi connectivity index (χ1v) is 12.2. The van der Waals surface area contributed by atoms with E-state index in [1.165, 1.54) is 6.07 Å². The second kappa shape index (κ2) is 10.6. The van der Waals surface area contributed by atoms with Crippen molar-refractivity contribution in [3.8, 4) is 0 Å². The molecule has 1 radical (unpaired) electrons. The van der Waals surface area contributed by atoms with Crippen molar-refractivity contribution in [1.29, 1.82) is 0 Å². The molecular formula is C28H36FN2O3. The van der Waals surface area contributed by atoms with Gasteiger partial charge in [0.05, 0.1) is 25.4 Å². The van der Waals surface area contributed by atoms with Gasteiger partial charge in [-0.25, -0.2) is 9.71 Å². The molecule has 2 heterocycles. The van der Waals surface area contributed by atoms with Crippen LogP contribution in [0.2, 0.25) is 0 Å². The minimum Gasteiger partial charge on any atom is -0.383 e. The van der Waals surface area contributed by atoms with E-state index in [9.17, 15) is 9.18 Å². The van der Waals surface area contributed by atoms with E-state index < -0.39 is 5.54 Å². The van der Waals surface area contributed by atoms with E-state index in [1.807, 2.05) is 43.3 Å². The predicted molar refractivity (Wildman–Crippen MR) is 131 cm³/mol. The number of likely N-dealkylation sites (tertiary alicyclic amines) is 1. The molecule has 0 aliphatic carbocycles. The minimum absolute atomic E-state index is 0.0148. The first-order chi connectivity index (χ1) is 16.3. The lowest BCUT2D eigenvalue weighted by Gasteiger charge is -2.52. The smallest absolute Gasteiger partial charge is 0.167 e. The van der Waals surface area contributed by atoms with Gasteiger partial charge in [-0.2, -0.15) is 0 Å². The van der Waals surface area contributed by atoms with Gasteiger partial charge in [0.15, 0.2) is 5.78 Å². The highest BCUT2D eigenvalue weighted by molar-refractivity contribution is 5.98. The van der Waals surface area contributed by atoms with Crippen molar-refractivity contribution >= 4 is 5.78 Å². The highest BCUT2D eigenvalue weighted by atomic mass is 19.1. The van der Waals surface area contributed by atoms with Crippen molar-refractivity contribution in [2.24, 2.45) is 11.8 Å². The van der Waals surface area contributed by atoms with E-state index in [4.69, 9.17) is 14.8 Å². The molecule has 2 saturated heterocycles. The summed E-state index contributed by atoms with van der Waals surface area (Å²) >= 11 is 0. The van der Waals surface area contributed by atoms with Crippen molar-refractivity contribution in [1.82, 2.24) is 10.2 Å². The van der Waals surface area contributed by atoms with Gasteiger partial charge in [-0.3, -0.25) is 9.69 Å². The van der Waals surface area contributed by atoms with Gasteiger partial charge < -0.3 is 9.47 Å². The molecule has 2 aliphatic heterocycles. The Morgan fingerprint density at radius 3 is 2.68 bits per heavy atom. The summed E-state index contributed by atoms with van der Waals surface area (Å²) in [7, 11) is 1.69. The van der Waals surface area contributed by atoms with Crippen LogP contribution in [0.15, 0.2) is 48.5 Å². The van der Waals surface area contributed by atoms with Crippen LogP contribution in [0.5, 0.6) is 0 Å². The number of halogens is 1. The van der Waals surface area contributed by atoms with Gasteiger partial charge in [0.25, 0.3) is 0 Å². The Morgan fingerprint density at radius 1 is 1.21 bits per heavy atom. The second-order valence-corrected chi connectivity index (χ2v) is 10.0. The van der Waals surface area contributed by atoms with Crippen molar-refractivity contribution in [3.63, 3.8) is 0 Å². The standard InChI is InChI=1S/C28H36FN2O3/c1-19-17-34-18-28(3,30-19)24-16-31(13-14-33-4)15-23(27(32)21-9-6-5-7-10-21)26(24)22-11-8-12-25(29)20(22)2/h5-12,19,23-24,26H,13-18H2,1-4H3/t19-,23?,24?,26?,28-/m1/s1. The Morgan fingerprint density at radius 2 is 1.97 bits per heavy atom. The van der Waals surface area contributed by atoms with Gasteiger partial charge in [0, 0.05) is 56.1 Å². The van der Waals surface area contributed by atoms with Crippen LogP contribution < -0.4 is 5.32 Å². The molecule has 2 fully saturated rings. The number of hydrogen-bond acceptors (Lipinski definition) is 4. The largest absolute Gasteiger partial charge is 0.383 e. The van der Waals surface area contributed by atoms with Crippen LogP contribution in [0.3, 0.4) is 0 Å². The van der Waals surface area contributed by atoms with Gasteiger partial charge in [-0.15, -0.1) is 0 Å². The number of hydrogen-bond donors (Lipinski definition) is 0. The van der Waals surface area contributed by atoms with E-state index in [1.54, 1.807) is 13.2 Å². The number of carbonyl (C=O) groups excluding carboxylic acids is 1. The number of piperidine rings is 1. The van der Waals surface area contributed by atoms with Gasteiger partial charge in [-0.1, -0.05) is 42.5 Å². The van der Waals surface area contributed by atoms with Crippen molar-refractivity contribution in [2.75, 3.05) is 46.6 Å². The normalized spacial score (nSPS) is 30.3. The molecule has 0 spiro atoms. The van der Waals surface area contributed by atoms with Crippen molar-refractivity contribution in [2.45, 2.75) is 38.3 Å². The Kier molecular flexibility index (Phi) is 7.83. The summed E-state index contributed by atoms with van der Waals surface area (Å²) in [5.74, 6) is -0.666. The molecule has 5 nitrogen and oxygen atoms in total. The summed E-state index contributed by atoms with van der Waals surface area (Å²) in [5.41, 5.74) is 1.72. The number of ketones is 1. The Labute approximate surface area is 202 Å². The molecule has 2 aromatic carbocycles. The van der Waals surface area contributed by atoms with Gasteiger partial charge in [0.2, 0.25) is 0 Å². The van der Waals surface area contributed by atoms with Crippen LogP contribution in [0.25, 0.3) is 0 Å². The summed E-state index contributed by atoms with van der Waals surface area (Å²) < 4.78 is 26.2. The Balaban J connectivity index is 1.83. The number of ether oxygens (including phenoxy) is 2. The fourth-order valence-corrected chi connectivity index (χ4v) is 5.82. The van der Waals surface area contributed by atoms with E-state index in [0.717, 1.165) is 18.7 Å². The van der Waals surface area contributed by atoms with Crippen LogP contribution in [0.4, 0.5) is 4.39 Å². The molecule has 0 bridgehead atoms. The van der Waals surface area contributed by atoms with Crippen molar-refractivity contribution < 1.29 is 18.7 Å². The molecule has 0 N–H and O–H groups in total. The number of rotatable bonds is 7. The third-order valence-electron chi connectivity index (χ3n) is 7.52. The molecule has 0 aromatic heterocycles. The maximum Gasteiger partial charge on any atom is 0.167 e. The number of Topliss-reactive ketones (excluding diaryl/α,β-unsaturated/α-hetero) is 1. The Bertz CT molecular complexity index is 985. The fourth-order valence-electron chi connectivity index (χ4n) is 5.82. The van der Waals surface area contributed by atoms with Crippen LogP contribution in [0, 0.1) is 24.6 Å². The highest BCUT2D eigenvalue weighted by Gasteiger charge is 2.51. The highest BCUT2D eigenvalue weighted by Crippen LogP contribution is 2.46. The maximum absolute atomic E-state index is 14.8. The third-order valence-corrected chi connectivity index (χ3v) is 7.52. The number of methoxy groups -OCH3 is 1. The average Bonchev–Trinajstić information content (AvgIpc) is 2.84. The summed E-state index contributed by atoms with van der Waals surface area (Å²) in [6.07, 6.45) is 0. The number of morpholine rings is 1. The first kappa shape index (κ1) is 25.0. The lowest BCUT2D eigenvalue weighted by Crippen LogP contribution is -2.63. The number of benzene rings is 2. The molecule has 4 rings (SSSR count). The summed E-state index contributed by atoms with van der Waals surface area (Å²) in [5, 5.41) is 5.16. The van der Waals surface area contributed by atoms with Crippen molar-refractivity contribution in [3.05, 3.63) is 71.0 Å². The lowest BCUT2D eigenvalue weighted by atomic mass is 9.63. The molecule has 2 aliphatic rings. The molecule has 5 atom stereocenters. The first-order valence-electron chi connectivity index (χ1n) is 12.2. The van der Waals surface area contributed by atoms with Crippen LogP contribution in [-0.2, 0) is 9.47 Å². The molecule has 6 heteroatoms. The van der Waals surface area contributed by atoms with Gasteiger partial charge in [0.1, 0.15) is 5.82 Å². The average molecular weight is 468 g/mol. The van der Waals surface area contributed by atoms with E-state index >= 15 is 0 Å². The molecule has 0 saturated carbocycles. The summed E-state index contributed by atoms with van der Waals surface area (Å²) in [4.78, 5) is 16.3. The monoisotopic (exact) mass is 467 g/mol. The van der Waals surface area contributed by atoms with E-state index in [-0.39, 0.29) is 35.4 Å². The van der Waals surface area contributed by atoms with Crippen LogP contribution in [0.1, 0.15) is 41.3 Å². The molecule has 183 valence electrons. The molecule has 2 aromatic rings. The number of carbonyl (C=O) groups is 1. The van der Waals surface area contributed by atoms with E-state index in [0.29, 0.717) is 37.5 Å².